The molecule has 0 radical (unpaired) electrons. The van der Waals surface area contributed by atoms with Crippen LogP contribution in [0.1, 0.15) is 19.3 Å². The van der Waals surface area contributed by atoms with E-state index in [1.54, 1.807) is 0 Å². The topological polar surface area (TPSA) is 52.7 Å². The first-order chi connectivity index (χ1) is 9.76. The first-order valence-corrected chi connectivity index (χ1v) is 8.87. The fraction of sp³-hybridized carbons (Fsp3) is 1.00. The molecule has 9 heteroatoms. The molecule has 21 heavy (non-hydrogen) atoms. The average molecular weight is 329 g/mol. The number of nitrogens with one attached hydrogen (secondary N) is 1. The highest BCUT2D eigenvalue weighted by Crippen LogP contribution is 2.19. The van der Waals surface area contributed by atoms with Crippen LogP contribution in [-0.2, 0) is 10.0 Å². The molecule has 0 spiro atoms. The van der Waals surface area contributed by atoms with Crippen molar-refractivity contribution in [1.82, 2.24) is 14.5 Å². The molecule has 1 saturated heterocycles. The van der Waals surface area contributed by atoms with Gasteiger partial charge in [0, 0.05) is 32.2 Å². The van der Waals surface area contributed by atoms with Crippen LogP contribution in [0.25, 0.3) is 0 Å². The fourth-order valence-corrected chi connectivity index (χ4v) is 3.88. The number of hydrogen-bond acceptors (Lipinski definition) is 4. The van der Waals surface area contributed by atoms with E-state index >= 15 is 0 Å². The molecule has 124 valence electrons. The maximum absolute atomic E-state index is 12.3. The highest BCUT2D eigenvalue weighted by atomic mass is 32.2. The lowest BCUT2D eigenvalue weighted by Gasteiger charge is -2.34. The Bertz CT molecular complexity index is 430. The van der Waals surface area contributed by atoms with Crippen LogP contribution < -0.4 is 5.32 Å². The van der Waals surface area contributed by atoms with Crippen LogP contribution in [0.5, 0.6) is 0 Å². The Morgan fingerprint density at radius 2 is 1.71 bits per heavy atom. The van der Waals surface area contributed by atoms with Gasteiger partial charge in [-0.25, -0.2) is 8.42 Å². The van der Waals surface area contributed by atoms with Gasteiger partial charge in [-0.2, -0.15) is 17.5 Å². The molecule has 0 aromatic rings. The second-order valence-corrected chi connectivity index (χ2v) is 7.78. The van der Waals surface area contributed by atoms with Crippen LogP contribution in [0.2, 0.25) is 0 Å². The first kappa shape index (κ1) is 17.0. The molecule has 1 aliphatic carbocycles. The van der Waals surface area contributed by atoms with Crippen molar-refractivity contribution in [2.24, 2.45) is 0 Å². The third-order valence-corrected chi connectivity index (χ3v) is 5.67. The van der Waals surface area contributed by atoms with Crippen molar-refractivity contribution in [3.8, 4) is 0 Å². The Labute approximate surface area is 123 Å². The predicted octanol–water partition coefficient (Wildman–Crippen LogP) is 0.638. The molecule has 0 amide bonds. The summed E-state index contributed by atoms with van der Waals surface area (Å²) in [4.78, 5) is 1.25. The van der Waals surface area contributed by atoms with Gasteiger partial charge in [0.05, 0.1) is 12.3 Å². The number of nitrogens with zero attached hydrogens (tertiary/aromatic N) is 2. The van der Waals surface area contributed by atoms with E-state index in [-0.39, 0.29) is 31.9 Å². The zero-order valence-corrected chi connectivity index (χ0v) is 12.7. The zero-order chi connectivity index (χ0) is 15.5. The molecule has 0 unspecified atom stereocenters. The van der Waals surface area contributed by atoms with Gasteiger partial charge < -0.3 is 5.32 Å². The van der Waals surface area contributed by atoms with Crippen molar-refractivity contribution in [3.05, 3.63) is 0 Å². The Morgan fingerprint density at radius 1 is 1.10 bits per heavy atom. The largest absolute Gasteiger partial charge is 0.401 e. The van der Waals surface area contributed by atoms with E-state index in [0.29, 0.717) is 19.0 Å². The lowest BCUT2D eigenvalue weighted by molar-refractivity contribution is -0.148. The molecule has 2 aliphatic rings. The van der Waals surface area contributed by atoms with Crippen LogP contribution in [0.3, 0.4) is 0 Å². The van der Waals surface area contributed by atoms with Gasteiger partial charge in [0.15, 0.2) is 0 Å². The SMILES string of the molecule is O=S(=O)(CCCNC1CC1)N1CCN(CC(F)(F)F)CC1. The molecule has 1 saturated carbocycles. The fourth-order valence-electron chi connectivity index (χ4n) is 2.40. The number of sulfonamides is 1. The smallest absolute Gasteiger partial charge is 0.314 e. The summed E-state index contributed by atoms with van der Waals surface area (Å²) < 4.78 is 62.3. The molecular formula is C12H22F3N3O2S. The third kappa shape index (κ3) is 6.09. The molecule has 0 aromatic carbocycles. The highest BCUT2D eigenvalue weighted by Gasteiger charge is 2.34. The van der Waals surface area contributed by atoms with E-state index in [0.717, 1.165) is 12.8 Å². The van der Waals surface area contributed by atoms with Gasteiger partial charge in [-0.3, -0.25) is 4.90 Å². The second kappa shape index (κ2) is 6.80. The van der Waals surface area contributed by atoms with E-state index in [2.05, 4.69) is 5.32 Å². The van der Waals surface area contributed by atoms with Gasteiger partial charge >= 0.3 is 6.18 Å². The van der Waals surface area contributed by atoms with Crippen LogP contribution >= 0.6 is 0 Å². The average Bonchev–Trinajstić information content (AvgIpc) is 3.17. The number of hydrogen-bond donors (Lipinski definition) is 1. The minimum Gasteiger partial charge on any atom is -0.314 e. The lowest BCUT2D eigenvalue weighted by atomic mass is 10.3. The Hall–Kier alpha value is -0.380. The van der Waals surface area contributed by atoms with Crippen molar-refractivity contribution in [2.45, 2.75) is 31.5 Å². The normalized spacial score (nSPS) is 22.6. The summed E-state index contributed by atoms with van der Waals surface area (Å²) in [5, 5.41) is 3.25. The molecular weight excluding hydrogens is 307 g/mol. The Morgan fingerprint density at radius 3 is 2.24 bits per heavy atom. The van der Waals surface area contributed by atoms with E-state index in [4.69, 9.17) is 0 Å². The van der Waals surface area contributed by atoms with Crippen molar-refractivity contribution >= 4 is 10.0 Å². The van der Waals surface area contributed by atoms with E-state index in [1.807, 2.05) is 0 Å². The number of halogens is 3. The first-order valence-electron chi connectivity index (χ1n) is 7.26. The van der Waals surface area contributed by atoms with E-state index in [1.165, 1.54) is 9.21 Å². The van der Waals surface area contributed by atoms with E-state index < -0.39 is 22.7 Å². The van der Waals surface area contributed by atoms with Crippen LogP contribution in [0.4, 0.5) is 13.2 Å². The zero-order valence-electron chi connectivity index (χ0n) is 11.9. The summed E-state index contributed by atoms with van der Waals surface area (Å²) >= 11 is 0. The molecule has 0 aromatic heterocycles. The molecule has 2 rings (SSSR count). The van der Waals surface area contributed by atoms with Gasteiger partial charge in [0.2, 0.25) is 10.0 Å². The summed E-state index contributed by atoms with van der Waals surface area (Å²) in [5.41, 5.74) is 0. The van der Waals surface area contributed by atoms with Gasteiger partial charge in [-0.05, 0) is 25.8 Å². The number of rotatable bonds is 7. The summed E-state index contributed by atoms with van der Waals surface area (Å²) in [5.74, 6) is 0.0615. The molecule has 1 aliphatic heterocycles. The summed E-state index contributed by atoms with van der Waals surface area (Å²) in [7, 11) is -3.34. The Kier molecular flexibility index (Phi) is 5.50. The summed E-state index contributed by atoms with van der Waals surface area (Å²) in [6.07, 6.45) is -1.36. The van der Waals surface area contributed by atoms with Gasteiger partial charge in [-0.15, -0.1) is 0 Å². The van der Waals surface area contributed by atoms with Crippen molar-refractivity contribution in [3.63, 3.8) is 0 Å². The predicted molar refractivity (Wildman–Crippen MR) is 73.5 cm³/mol. The summed E-state index contributed by atoms with van der Waals surface area (Å²) in [6, 6.07) is 0.554. The van der Waals surface area contributed by atoms with Crippen LogP contribution in [-0.4, -0.2) is 74.9 Å². The maximum Gasteiger partial charge on any atom is 0.401 e. The van der Waals surface area contributed by atoms with Gasteiger partial charge in [0.1, 0.15) is 0 Å². The van der Waals surface area contributed by atoms with Crippen molar-refractivity contribution < 1.29 is 21.6 Å². The van der Waals surface area contributed by atoms with Crippen molar-refractivity contribution in [1.29, 1.82) is 0 Å². The maximum atomic E-state index is 12.3. The van der Waals surface area contributed by atoms with Gasteiger partial charge in [-0.1, -0.05) is 0 Å². The monoisotopic (exact) mass is 329 g/mol. The van der Waals surface area contributed by atoms with Gasteiger partial charge in [0.25, 0.3) is 0 Å². The molecule has 2 fully saturated rings. The molecule has 1 heterocycles. The number of piperazine rings is 1. The minimum atomic E-state index is -4.23. The van der Waals surface area contributed by atoms with Crippen molar-refractivity contribution in [2.75, 3.05) is 45.0 Å². The summed E-state index contributed by atoms with van der Waals surface area (Å²) in [6.45, 7) is 0.283. The van der Waals surface area contributed by atoms with Crippen LogP contribution in [0.15, 0.2) is 0 Å². The standard InChI is InChI=1S/C12H22F3N3O2S/c13-12(14,15)10-17-5-7-18(8-6-17)21(19,20)9-1-4-16-11-2-3-11/h11,16H,1-10H2. The highest BCUT2D eigenvalue weighted by molar-refractivity contribution is 7.89. The number of alkyl halides is 3. The molecule has 0 atom stereocenters. The third-order valence-electron chi connectivity index (χ3n) is 3.72. The molecule has 1 N–H and O–H groups in total. The molecule has 0 bridgehead atoms. The lowest BCUT2D eigenvalue weighted by Crippen LogP contribution is -2.51. The Balaban J connectivity index is 1.69. The quantitative estimate of drug-likeness (QED) is 0.697. The molecule has 5 nitrogen and oxygen atoms in total. The minimum absolute atomic E-state index is 0.0615. The van der Waals surface area contributed by atoms with Crippen LogP contribution in [0, 0.1) is 0 Å². The second-order valence-electron chi connectivity index (χ2n) is 5.69. The van der Waals surface area contributed by atoms with E-state index in [9.17, 15) is 21.6 Å².